The van der Waals surface area contributed by atoms with Crippen LogP contribution in [0.2, 0.25) is 0 Å². The third kappa shape index (κ3) is 7.24. The van der Waals surface area contributed by atoms with Gasteiger partial charge in [-0.15, -0.1) is 24.0 Å². The average Bonchev–Trinajstić information content (AvgIpc) is 3.21. The molecular weight excluding hydrogens is 439 g/mol. The lowest BCUT2D eigenvalue weighted by Gasteiger charge is -2.28. The van der Waals surface area contributed by atoms with Crippen molar-refractivity contribution >= 4 is 35.8 Å². The molecule has 0 bridgehead atoms. The maximum Gasteiger partial charge on any atom is 0.225 e. The van der Waals surface area contributed by atoms with Crippen molar-refractivity contribution in [2.75, 3.05) is 26.7 Å². The quantitative estimate of drug-likeness (QED) is 0.348. The van der Waals surface area contributed by atoms with E-state index in [1.54, 1.807) is 0 Å². The lowest BCUT2D eigenvalue weighted by Crippen LogP contribution is -2.47. The fourth-order valence-electron chi connectivity index (χ4n) is 4.40. The SMILES string of the molecule is CN=C(NCC(C)(C)CC(C)C)NC1CCN(C(=O)C2CCCC2)C1.I. The van der Waals surface area contributed by atoms with Gasteiger partial charge in [-0.1, -0.05) is 40.5 Å². The van der Waals surface area contributed by atoms with Gasteiger partial charge in [-0.3, -0.25) is 9.79 Å². The Morgan fingerprint density at radius 1 is 1.23 bits per heavy atom. The summed E-state index contributed by atoms with van der Waals surface area (Å²) in [6.45, 7) is 11.7. The van der Waals surface area contributed by atoms with E-state index in [4.69, 9.17) is 0 Å². The van der Waals surface area contributed by atoms with Crippen LogP contribution in [-0.4, -0.2) is 49.5 Å². The lowest BCUT2D eigenvalue weighted by molar-refractivity contribution is -0.134. The van der Waals surface area contributed by atoms with Gasteiger partial charge < -0.3 is 15.5 Å². The number of nitrogens with one attached hydrogen (secondary N) is 2. The van der Waals surface area contributed by atoms with E-state index in [1.807, 2.05) is 7.05 Å². The smallest absolute Gasteiger partial charge is 0.225 e. The maximum atomic E-state index is 12.6. The highest BCUT2D eigenvalue weighted by Gasteiger charge is 2.32. The molecule has 0 radical (unpaired) electrons. The maximum absolute atomic E-state index is 12.6. The molecule has 2 fully saturated rings. The summed E-state index contributed by atoms with van der Waals surface area (Å²) in [7, 11) is 1.82. The number of likely N-dealkylation sites (tertiary alicyclic amines) is 1. The van der Waals surface area contributed by atoms with Crippen molar-refractivity contribution < 1.29 is 4.79 Å². The van der Waals surface area contributed by atoms with E-state index in [0.29, 0.717) is 17.9 Å². The third-order valence-electron chi connectivity index (χ3n) is 5.46. The minimum atomic E-state index is 0. The zero-order valence-electron chi connectivity index (χ0n) is 17.3. The van der Waals surface area contributed by atoms with E-state index in [1.165, 1.54) is 19.3 Å². The van der Waals surface area contributed by atoms with Crippen LogP contribution in [0.5, 0.6) is 0 Å². The van der Waals surface area contributed by atoms with Gasteiger partial charge in [0.1, 0.15) is 0 Å². The Balaban J connectivity index is 0.00000338. The van der Waals surface area contributed by atoms with E-state index in [0.717, 1.165) is 44.9 Å². The largest absolute Gasteiger partial charge is 0.356 e. The molecule has 152 valence electrons. The number of halogens is 1. The number of hydrogen-bond donors (Lipinski definition) is 2. The number of guanidine groups is 1. The molecule has 6 heteroatoms. The molecule has 0 aromatic rings. The number of amides is 1. The first kappa shape index (κ1) is 23.5. The number of aliphatic imine (C=N–C) groups is 1. The molecule has 2 aliphatic rings. The predicted octanol–water partition coefficient (Wildman–Crippen LogP) is 3.63. The van der Waals surface area contributed by atoms with Gasteiger partial charge in [-0.25, -0.2) is 0 Å². The standard InChI is InChI=1S/C20H38N4O.HI/c1-15(2)12-20(3,4)14-22-19(21-5)23-17-10-11-24(13-17)18(25)16-8-6-7-9-16;/h15-17H,6-14H2,1-5H3,(H2,21,22,23);1H. The van der Waals surface area contributed by atoms with Gasteiger partial charge in [-0.05, 0) is 37.0 Å². The molecule has 1 heterocycles. The highest BCUT2D eigenvalue weighted by molar-refractivity contribution is 14.0. The number of hydrogen-bond acceptors (Lipinski definition) is 2. The van der Waals surface area contributed by atoms with Gasteiger partial charge >= 0.3 is 0 Å². The Kier molecular flexibility index (Phi) is 9.69. The highest BCUT2D eigenvalue weighted by atomic mass is 127. The second kappa shape index (κ2) is 10.7. The molecule has 1 atom stereocenters. The molecule has 1 amide bonds. The predicted molar refractivity (Wildman–Crippen MR) is 120 cm³/mol. The van der Waals surface area contributed by atoms with Crippen LogP contribution in [0.4, 0.5) is 0 Å². The fraction of sp³-hybridized carbons (Fsp3) is 0.900. The van der Waals surface area contributed by atoms with Crippen LogP contribution in [0.3, 0.4) is 0 Å². The molecule has 5 nitrogen and oxygen atoms in total. The molecule has 2 N–H and O–H groups in total. The van der Waals surface area contributed by atoms with E-state index < -0.39 is 0 Å². The third-order valence-corrected chi connectivity index (χ3v) is 5.46. The molecule has 1 unspecified atom stereocenters. The Bertz CT molecular complexity index is 472. The minimum Gasteiger partial charge on any atom is -0.356 e. The van der Waals surface area contributed by atoms with E-state index in [2.05, 4.69) is 48.2 Å². The van der Waals surface area contributed by atoms with Gasteiger partial charge in [-0.2, -0.15) is 0 Å². The van der Waals surface area contributed by atoms with Crippen LogP contribution in [0, 0.1) is 17.3 Å². The van der Waals surface area contributed by atoms with Crippen molar-refractivity contribution in [1.82, 2.24) is 15.5 Å². The number of carbonyl (C=O) groups excluding carboxylic acids is 1. The summed E-state index contributed by atoms with van der Waals surface area (Å²) in [5.41, 5.74) is 0.242. The summed E-state index contributed by atoms with van der Waals surface area (Å²) in [6, 6.07) is 0.310. The van der Waals surface area contributed by atoms with Crippen LogP contribution in [0.1, 0.15) is 66.2 Å². The first-order chi connectivity index (χ1) is 11.8. The molecule has 1 aliphatic heterocycles. The molecule has 2 rings (SSSR count). The van der Waals surface area contributed by atoms with Gasteiger partial charge in [0, 0.05) is 38.6 Å². The van der Waals surface area contributed by atoms with Crippen molar-refractivity contribution in [3.05, 3.63) is 0 Å². The van der Waals surface area contributed by atoms with E-state index >= 15 is 0 Å². The van der Waals surface area contributed by atoms with Crippen LogP contribution >= 0.6 is 24.0 Å². The van der Waals surface area contributed by atoms with E-state index in [9.17, 15) is 4.79 Å². The van der Waals surface area contributed by atoms with E-state index in [-0.39, 0.29) is 35.3 Å². The van der Waals surface area contributed by atoms with Crippen LogP contribution < -0.4 is 10.6 Å². The van der Waals surface area contributed by atoms with Gasteiger partial charge in [0.15, 0.2) is 5.96 Å². The number of nitrogens with zero attached hydrogens (tertiary/aromatic N) is 2. The molecule has 0 spiro atoms. The summed E-state index contributed by atoms with van der Waals surface area (Å²) in [6.07, 6.45) is 6.80. The summed E-state index contributed by atoms with van der Waals surface area (Å²) in [5, 5.41) is 6.99. The average molecular weight is 478 g/mol. The summed E-state index contributed by atoms with van der Waals surface area (Å²) in [4.78, 5) is 19.0. The number of carbonyl (C=O) groups is 1. The monoisotopic (exact) mass is 478 g/mol. The Hall–Kier alpha value is -0.530. The molecule has 1 aliphatic carbocycles. The van der Waals surface area contributed by atoms with Crippen molar-refractivity contribution in [2.45, 2.75) is 72.3 Å². The van der Waals surface area contributed by atoms with Crippen molar-refractivity contribution in [2.24, 2.45) is 22.2 Å². The summed E-state index contributed by atoms with van der Waals surface area (Å²) >= 11 is 0. The van der Waals surface area contributed by atoms with Crippen LogP contribution in [0.25, 0.3) is 0 Å². The van der Waals surface area contributed by atoms with Crippen molar-refractivity contribution in [3.63, 3.8) is 0 Å². The fourth-order valence-corrected chi connectivity index (χ4v) is 4.40. The van der Waals surface area contributed by atoms with Crippen LogP contribution in [-0.2, 0) is 4.79 Å². The molecule has 0 aromatic heterocycles. The molecular formula is C20H39IN4O. The molecule has 26 heavy (non-hydrogen) atoms. The molecule has 0 aromatic carbocycles. The summed E-state index contributed by atoms with van der Waals surface area (Å²) < 4.78 is 0. The molecule has 1 saturated carbocycles. The highest BCUT2D eigenvalue weighted by Crippen LogP contribution is 2.28. The second-order valence-corrected chi connectivity index (χ2v) is 9.08. The Morgan fingerprint density at radius 2 is 1.88 bits per heavy atom. The lowest BCUT2D eigenvalue weighted by atomic mass is 9.84. The summed E-state index contributed by atoms with van der Waals surface area (Å²) in [5.74, 6) is 2.21. The zero-order valence-corrected chi connectivity index (χ0v) is 19.6. The Labute approximate surface area is 177 Å². The zero-order chi connectivity index (χ0) is 18.4. The topological polar surface area (TPSA) is 56.7 Å². The first-order valence-electron chi connectivity index (χ1n) is 10.1. The molecule has 1 saturated heterocycles. The number of rotatable bonds is 6. The normalized spacial score (nSPS) is 21.8. The first-order valence-corrected chi connectivity index (χ1v) is 10.1. The van der Waals surface area contributed by atoms with Crippen molar-refractivity contribution in [1.29, 1.82) is 0 Å². The minimum absolute atomic E-state index is 0. The van der Waals surface area contributed by atoms with Gasteiger partial charge in [0.25, 0.3) is 0 Å². The van der Waals surface area contributed by atoms with Gasteiger partial charge in [0.05, 0.1) is 0 Å². The van der Waals surface area contributed by atoms with Crippen LogP contribution in [0.15, 0.2) is 4.99 Å². The Morgan fingerprint density at radius 3 is 2.46 bits per heavy atom. The second-order valence-electron chi connectivity index (χ2n) is 9.08. The van der Waals surface area contributed by atoms with Gasteiger partial charge in [0.2, 0.25) is 5.91 Å². The van der Waals surface area contributed by atoms with Crippen molar-refractivity contribution in [3.8, 4) is 0 Å².